The molecule has 2 heteroatoms. The molecule has 0 aliphatic carbocycles. The molecule has 1 aromatic heterocycles. The Bertz CT molecular complexity index is 388. The van der Waals surface area contributed by atoms with Crippen LogP contribution in [0.4, 0.5) is 0 Å². The Labute approximate surface area is 167 Å². The zero-order chi connectivity index (χ0) is 17.1. The van der Waals surface area contributed by atoms with Gasteiger partial charge in [0, 0.05) is 18.6 Å². The van der Waals surface area contributed by atoms with Gasteiger partial charge in [-0.2, -0.15) is 0 Å². The van der Waals surface area contributed by atoms with Crippen molar-refractivity contribution < 1.29 is 21.5 Å². The molecule has 1 aromatic rings. The fourth-order valence-corrected chi connectivity index (χ4v) is 3.13. The van der Waals surface area contributed by atoms with Crippen LogP contribution in [0.1, 0.15) is 96.8 Å². The molecule has 0 aliphatic heterocycles. The third kappa shape index (κ3) is 16.6. The SMILES string of the molecule is CCCCCCCCC=CCCCCCCCC[n+]1ccccc1.[Br-]. The summed E-state index contributed by atoms with van der Waals surface area (Å²) in [5.74, 6) is 0. The van der Waals surface area contributed by atoms with E-state index in [0.717, 1.165) is 0 Å². The van der Waals surface area contributed by atoms with E-state index in [1.165, 1.54) is 96.4 Å². The molecule has 0 aliphatic rings. The molecular formula is C23H40BrN. The van der Waals surface area contributed by atoms with Crippen LogP contribution in [0.15, 0.2) is 42.7 Å². The van der Waals surface area contributed by atoms with Gasteiger partial charge in [-0.25, -0.2) is 4.57 Å². The molecule has 0 atom stereocenters. The van der Waals surface area contributed by atoms with E-state index < -0.39 is 0 Å². The first-order valence-corrected chi connectivity index (χ1v) is 10.5. The van der Waals surface area contributed by atoms with Crippen LogP contribution in [0.25, 0.3) is 0 Å². The standard InChI is InChI=1S/C23H40N.BrH/c1-2-3-4-5-6-7-8-9-10-11-12-13-14-15-16-18-21-24-22-19-17-20-23-24;/h9-10,17,19-20,22-23H,2-8,11-16,18,21H2,1H3;1H/q+1;/p-1. The van der Waals surface area contributed by atoms with Crippen molar-refractivity contribution in [1.82, 2.24) is 0 Å². The smallest absolute Gasteiger partial charge is 0.168 e. The first-order chi connectivity index (χ1) is 11.9. The number of allylic oxidation sites excluding steroid dienone is 2. The van der Waals surface area contributed by atoms with Gasteiger partial charge in [0.15, 0.2) is 12.4 Å². The first kappa shape index (κ1) is 24.4. The Morgan fingerprint density at radius 1 is 0.600 bits per heavy atom. The fraction of sp³-hybridized carbons (Fsp3) is 0.696. The lowest BCUT2D eigenvalue weighted by molar-refractivity contribution is -0.697. The van der Waals surface area contributed by atoms with E-state index in [1.54, 1.807) is 0 Å². The Hall–Kier alpha value is -0.630. The van der Waals surface area contributed by atoms with E-state index in [0.29, 0.717) is 0 Å². The summed E-state index contributed by atoms with van der Waals surface area (Å²) in [6.45, 7) is 3.45. The number of nitrogens with zero attached hydrogens (tertiary/aromatic N) is 1. The van der Waals surface area contributed by atoms with Crippen molar-refractivity contribution in [2.45, 2.75) is 103 Å². The molecule has 0 fully saturated rings. The summed E-state index contributed by atoms with van der Waals surface area (Å²) in [5, 5.41) is 0. The van der Waals surface area contributed by atoms with Crippen LogP contribution in [0.2, 0.25) is 0 Å². The van der Waals surface area contributed by atoms with Crippen molar-refractivity contribution in [2.24, 2.45) is 0 Å². The molecule has 1 heterocycles. The molecule has 1 rings (SSSR count). The van der Waals surface area contributed by atoms with Crippen molar-refractivity contribution in [3.63, 3.8) is 0 Å². The van der Waals surface area contributed by atoms with Gasteiger partial charge in [0.05, 0.1) is 0 Å². The minimum absolute atomic E-state index is 0. The van der Waals surface area contributed by atoms with E-state index in [1.807, 2.05) is 0 Å². The Kier molecular flexibility index (Phi) is 19.2. The second-order valence-electron chi connectivity index (χ2n) is 7.05. The van der Waals surface area contributed by atoms with Crippen molar-refractivity contribution in [3.8, 4) is 0 Å². The zero-order valence-corrected chi connectivity index (χ0v) is 18.1. The highest BCUT2D eigenvalue weighted by Gasteiger charge is 1.97. The van der Waals surface area contributed by atoms with Gasteiger partial charge >= 0.3 is 0 Å². The minimum atomic E-state index is 0. The Balaban J connectivity index is 0.00000576. The molecule has 0 unspecified atom stereocenters. The molecule has 0 N–H and O–H groups in total. The second-order valence-corrected chi connectivity index (χ2v) is 7.05. The van der Waals surface area contributed by atoms with Gasteiger partial charge in [-0.3, -0.25) is 0 Å². The van der Waals surface area contributed by atoms with Gasteiger partial charge in [-0.15, -0.1) is 0 Å². The second kappa shape index (κ2) is 19.7. The maximum Gasteiger partial charge on any atom is 0.168 e. The Morgan fingerprint density at radius 3 is 1.64 bits per heavy atom. The van der Waals surface area contributed by atoms with Crippen LogP contribution in [0.3, 0.4) is 0 Å². The first-order valence-electron chi connectivity index (χ1n) is 10.5. The molecule has 1 nitrogen and oxygen atoms in total. The average Bonchev–Trinajstić information content (AvgIpc) is 2.62. The molecule has 0 radical (unpaired) electrons. The summed E-state index contributed by atoms with van der Waals surface area (Å²) >= 11 is 0. The summed E-state index contributed by atoms with van der Waals surface area (Å²) in [6.07, 6.45) is 28.5. The van der Waals surface area contributed by atoms with Gasteiger partial charge in [0.2, 0.25) is 0 Å². The number of hydrogen-bond acceptors (Lipinski definition) is 0. The number of unbranched alkanes of at least 4 members (excludes halogenated alkanes) is 12. The largest absolute Gasteiger partial charge is 1.00 e. The maximum absolute atomic E-state index is 2.41. The fourth-order valence-electron chi connectivity index (χ4n) is 3.13. The molecule has 0 saturated heterocycles. The summed E-state index contributed by atoms with van der Waals surface area (Å²) < 4.78 is 2.29. The number of rotatable bonds is 16. The maximum atomic E-state index is 2.41. The van der Waals surface area contributed by atoms with E-state index in [-0.39, 0.29) is 17.0 Å². The highest BCUT2D eigenvalue weighted by atomic mass is 79.9. The van der Waals surface area contributed by atoms with Gasteiger partial charge in [-0.05, 0) is 32.1 Å². The number of hydrogen-bond donors (Lipinski definition) is 0. The quantitative estimate of drug-likeness (QED) is 0.220. The number of pyridine rings is 1. The molecule has 0 spiro atoms. The van der Waals surface area contributed by atoms with Gasteiger partial charge in [-0.1, -0.05) is 76.5 Å². The lowest BCUT2D eigenvalue weighted by Gasteiger charge is -2.00. The summed E-state index contributed by atoms with van der Waals surface area (Å²) in [6, 6.07) is 6.30. The number of aromatic nitrogens is 1. The highest BCUT2D eigenvalue weighted by Crippen LogP contribution is 2.09. The topological polar surface area (TPSA) is 3.88 Å². The van der Waals surface area contributed by atoms with Crippen LogP contribution in [0.5, 0.6) is 0 Å². The third-order valence-corrected chi connectivity index (χ3v) is 4.71. The molecule has 144 valence electrons. The predicted octanol–water partition coefficient (Wildman–Crippen LogP) is 4.02. The van der Waals surface area contributed by atoms with Gasteiger partial charge < -0.3 is 17.0 Å². The van der Waals surface area contributed by atoms with Crippen LogP contribution in [-0.4, -0.2) is 0 Å². The average molecular weight is 410 g/mol. The highest BCUT2D eigenvalue weighted by molar-refractivity contribution is 4.83. The third-order valence-electron chi connectivity index (χ3n) is 4.71. The van der Waals surface area contributed by atoms with Crippen LogP contribution < -0.4 is 21.5 Å². The lowest BCUT2D eigenvalue weighted by atomic mass is 10.1. The number of aryl methyl sites for hydroxylation is 1. The molecule has 25 heavy (non-hydrogen) atoms. The van der Waals surface area contributed by atoms with E-state index in [2.05, 4.69) is 54.2 Å². The van der Waals surface area contributed by atoms with E-state index >= 15 is 0 Å². The van der Waals surface area contributed by atoms with Gasteiger partial charge in [0.1, 0.15) is 6.54 Å². The number of halogens is 1. The summed E-state index contributed by atoms with van der Waals surface area (Å²) in [4.78, 5) is 0. The molecular weight excluding hydrogens is 370 g/mol. The van der Waals surface area contributed by atoms with Crippen LogP contribution in [-0.2, 0) is 6.54 Å². The minimum Gasteiger partial charge on any atom is -1.00 e. The predicted molar refractivity (Wildman–Crippen MR) is 106 cm³/mol. The van der Waals surface area contributed by atoms with E-state index in [9.17, 15) is 0 Å². The van der Waals surface area contributed by atoms with Crippen molar-refractivity contribution in [1.29, 1.82) is 0 Å². The zero-order valence-electron chi connectivity index (χ0n) is 16.5. The molecule has 0 bridgehead atoms. The molecule has 0 saturated carbocycles. The Morgan fingerprint density at radius 2 is 1.08 bits per heavy atom. The molecule has 0 amide bonds. The van der Waals surface area contributed by atoms with Gasteiger partial charge in [0.25, 0.3) is 0 Å². The normalized spacial score (nSPS) is 10.9. The summed E-state index contributed by atoms with van der Waals surface area (Å²) in [5.41, 5.74) is 0. The molecule has 0 aromatic carbocycles. The van der Waals surface area contributed by atoms with Crippen LogP contribution >= 0.6 is 0 Å². The van der Waals surface area contributed by atoms with Crippen molar-refractivity contribution in [3.05, 3.63) is 42.7 Å². The lowest BCUT2D eigenvalue weighted by Crippen LogP contribution is -3.00. The van der Waals surface area contributed by atoms with Crippen molar-refractivity contribution in [2.75, 3.05) is 0 Å². The van der Waals surface area contributed by atoms with E-state index in [4.69, 9.17) is 0 Å². The monoisotopic (exact) mass is 409 g/mol. The van der Waals surface area contributed by atoms with Crippen LogP contribution in [0, 0.1) is 0 Å². The van der Waals surface area contributed by atoms with Crippen molar-refractivity contribution >= 4 is 0 Å². The summed E-state index contributed by atoms with van der Waals surface area (Å²) in [7, 11) is 0.